The van der Waals surface area contributed by atoms with Crippen molar-refractivity contribution in [3.63, 3.8) is 0 Å². The third-order valence-corrected chi connectivity index (χ3v) is 4.37. The van der Waals surface area contributed by atoms with Gasteiger partial charge < -0.3 is 10.6 Å². The number of carbonyl (C=O) groups excluding carboxylic acids is 1. The molecule has 100 valence electrons. The molecule has 3 heteroatoms. The van der Waals surface area contributed by atoms with E-state index in [-0.39, 0.29) is 11.9 Å². The van der Waals surface area contributed by atoms with Gasteiger partial charge in [0.25, 0.3) is 0 Å². The van der Waals surface area contributed by atoms with Gasteiger partial charge in [-0.15, -0.1) is 0 Å². The molecule has 3 nitrogen and oxygen atoms in total. The summed E-state index contributed by atoms with van der Waals surface area (Å²) in [6.45, 7) is 6.42. The summed E-state index contributed by atoms with van der Waals surface area (Å²) in [6, 6.07) is 0.540. The molecule has 0 spiro atoms. The number of nitrogens with two attached hydrogens (primary N) is 1. The molecular weight excluding hydrogens is 212 g/mol. The first kappa shape index (κ1) is 14.5. The van der Waals surface area contributed by atoms with E-state index in [4.69, 9.17) is 5.73 Å². The molecule has 0 heterocycles. The Kier molecular flexibility index (Phi) is 5.44. The molecule has 0 aromatic heterocycles. The van der Waals surface area contributed by atoms with E-state index in [1.807, 2.05) is 11.9 Å². The third kappa shape index (κ3) is 3.98. The van der Waals surface area contributed by atoms with Crippen LogP contribution in [0, 0.1) is 11.8 Å². The zero-order chi connectivity index (χ0) is 13.0. The summed E-state index contributed by atoms with van der Waals surface area (Å²) in [5, 5.41) is 0. The van der Waals surface area contributed by atoms with Gasteiger partial charge in [0.1, 0.15) is 0 Å². The lowest BCUT2D eigenvalue weighted by Crippen LogP contribution is -2.42. The number of rotatable bonds is 4. The van der Waals surface area contributed by atoms with E-state index in [1.165, 1.54) is 12.8 Å². The summed E-state index contributed by atoms with van der Waals surface area (Å²) < 4.78 is 0. The van der Waals surface area contributed by atoms with E-state index in [1.54, 1.807) is 0 Å². The minimum absolute atomic E-state index is 0.232. The maximum Gasteiger partial charge on any atom is 0.222 e. The van der Waals surface area contributed by atoms with Crippen LogP contribution in [-0.4, -0.2) is 29.9 Å². The lowest BCUT2D eigenvalue weighted by Gasteiger charge is -2.32. The van der Waals surface area contributed by atoms with Crippen LogP contribution in [0.15, 0.2) is 0 Å². The zero-order valence-corrected chi connectivity index (χ0v) is 11.8. The van der Waals surface area contributed by atoms with Crippen LogP contribution in [0.25, 0.3) is 0 Å². The molecule has 1 amide bonds. The molecule has 2 N–H and O–H groups in total. The van der Waals surface area contributed by atoms with Crippen LogP contribution in [0.1, 0.15) is 52.9 Å². The average Bonchev–Trinajstić information content (AvgIpc) is 2.30. The molecule has 0 aromatic carbocycles. The predicted octanol–water partition coefficient (Wildman–Crippen LogP) is 2.40. The smallest absolute Gasteiger partial charge is 0.222 e. The number of hydrogen-bond acceptors (Lipinski definition) is 2. The second-order valence-corrected chi connectivity index (χ2v) is 5.90. The Morgan fingerprint density at radius 3 is 2.41 bits per heavy atom. The molecule has 0 bridgehead atoms. The topological polar surface area (TPSA) is 46.3 Å². The van der Waals surface area contributed by atoms with E-state index >= 15 is 0 Å². The summed E-state index contributed by atoms with van der Waals surface area (Å²) in [5.41, 5.74) is 6.09. The van der Waals surface area contributed by atoms with Crippen molar-refractivity contribution in [2.24, 2.45) is 17.6 Å². The monoisotopic (exact) mass is 240 g/mol. The van der Waals surface area contributed by atoms with Crippen molar-refractivity contribution >= 4 is 5.91 Å². The fraction of sp³-hybridized carbons (Fsp3) is 0.929. The Balaban J connectivity index is 2.47. The Hall–Kier alpha value is -0.570. The number of amides is 1. The highest BCUT2D eigenvalue weighted by atomic mass is 16.2. The van der Waals surface area contributed by atoms with Crippen molar-refractivity contribution in [3.05, 3.63) is 0 Å². The van der Waals surface area contributed by atoms with Crippen molar-refractivity contribution in [2.45, 2.75) is 65.0 Å². The molecule has 3 unspecified atom stereocenters. The average molecular weight is 240 g/mol. The van der Waals surface area contributed by atoms with Gasteiger partial charge in [0, 0.05) is 25.6 Å². The van der Waals surface area contributed by atoms with E-state index in [0.29, 0.717) is 24.3 Å². The zero-order valence-electron chi connectivity index (χ0n) is 11.8. The Morgan fingerprint density at radius 2 is 1.88 bits per heavy atom. The first-order chi connectivity index (χ1) is 7.93. The molecule has 0 aliphatic heterocycles. The molecule has 0 aromatic rings. The predicted molar refractivity (Wildman–Crippen MR) is 71.6 cm³/mol. The quantitative estimate of drug-likeness (QED) is 0.820. The van der Waals surface area contributed by atoms with Crippen molar-refractivity contribution < 1.29 is 4.79 Å². The molecule has 0 radical (unpaired) electrons. The summed E-state index contributed by atoms with van der Waals surface area (Å²) in [7, 11) is 1.92. The lowest BCUT2D eigenvalue weighted by molar-refractivity contribution is -0.133. The Morgan fingerprint density at radius 1 is 1.29 bits per heavy atom. The van der Waals surface area contributed by atoms with E-state index in [2.05, 4.69) is 20.8 Å². The van der Waals surface area contributed by atoms with Crippen LogP contribution in [-0.2, 0) is 4.79 Å². The molecule has 1 saturated carbocycles. The second-order valence-electron chi connectivity index (χ2n) is 5.90. The van der Waals surface area contributed by atoms with Gasteiger partial charge in [-0.05, 0) is 31.6 Å². The fourth-order valence-corrected chi connectivity index (χ4v) is 2.53. The largest absolute Gasteiger partial charge is 0.343 e. The van der Waals surface area contributed by atoms with Gasteiger partial charge in [-0.2, -0.15) is 0 Å². The van der Waals surface area contributed by atoms with E-state index in [0.717, 1.165) is 12.8 Å². The van der Waals surface area contributed by atoms with E-state index in [9.17, 15) is 4.79 Å². The lowest BCUT2D eigenvalue weighted by atomic mass is 9.82. The maximum absolute atomic E-state index is 12.2. The highest BCUT2D eigenvalue weighted by Crippen LogP contribution is 2.26. The fourth-order valence-electron chi connectivity index (χ4n) is 2.53. The highest BCUT2D eigenvalue weighted by molar-refractivity contribution is 5.76. The summed E-state index contributed by atoms with van der Waals surface area (Å²) in [4.78, 5) is 14.1. The molecule has 0 saturated heterocycles. The summed E-state index contributed by atoms with van der Waals surface area (Å²) in [6.07, 6.45) is 5.30. The van der Waals surface area contributed by atoms with Crippen molar-refractivity contribution in [3.8, 4) is 0 Å². The standard InChI is InChI=1S/C14H28N2O/c1-10(2)11(3)16(4)14(17)9-12-7-5-6-8-13(12)15/h10-13H,5-9,15H2,1-4H3. The first-order valence-electron chi connectivity index (χ1n) is 6.94. The SMILES string of the molecule is CC(C)C(C)N(C)C(=O)CC1CCCCC1N. The van der Waals surface area contributed by atoms with Gasteiger partial charge in [0.2, 0.25) is 5.91 Å². The first-order valence-corrected chi connectivity index (χ1v) is 6.94. The molecular formula is C14H28N2O. The van der Waals surface area contributed by atoms with Gasteiger partial charge in [-0.3, -0.25) is 4.79 Å². The molecule has 1 rings (SSSR count). The minimum Gasteiger partial charge on any atom is -0.343 e. The second kappa shape index (κ2) is 6.39. The van der Waals surface area contributed by atoms with Crippen LogP contribution < -0.4 is 5.73 Å². The van der Waals surface area contributed by atoms with E-state index < -0.39 is 0 Å². The van der Waals surface area contributed by atoms with Gasteiger partial charge in [-0.1, -0.05) is 26.7 Å². The summed E-state index contributed by atoms with van der Waals surface area (Å²) >= 11 is 0. The number of carbonyl (C=O) groups is 1. The molecule has 1 aliphatic rings. The maximum atomic E-state index is 12.2. The van der Waals surface area contributed by atoms with Gasteiger partial charge in [0.05, 0.1) is 0 Å². The van der Waals surface area contributed by atoms with Crippen molar-refractivity contribution in [2.75, 3.05) is 7.05 Å². The van der Waals surface area contributed by atoms with Gasteiger partial charge in [0.15, 0.2) is 0 Å². The Bertz CT molecular complexity index is 253. The molecule has 3 atom stereocenters. The highest BCUT2D eigenvalue weighted by Gasteiger charge is 2.27. The van der Waals surface area contributed by atoms with Crippen LogP contribution in [0.2, 0.25) is 0 Å². The van der Waals surface area contributed by atoms with Crippen LogP contribution in [0.3, 0.4) is 0 Å². The van der Waals surface area contributed by atoms with Crippen LogP contribution in [0.4, 0.5) is 0 Å². The van der Waals surface area contributed by atoms with Gasteiger partial charge >= 0.3 is 0 Å². The van der Waals surface area contributed by atoms with Gasteiger partial charge in [-0.25, -0.2) is 0 Å². The number of nitrogens with zero attached hydrogens (tertiary/aromatic N) is 1. The third-order valence-electron chi connectivity index (χ3n) is 4.37. The minimum atomic E-state index is 0.232. The van der Waals surface area contributed by atoms with Crippen LogP contribution in [0.5, 0.6) is 0 Å². The number of hydrogen-bond donors (Lipinski definition) is 1. The molecule has 1 aliphatic carbocycles. The van der Waals surface area contributed by atoms with Crippen molar-refractivity contribution in [1.29, 1.82) is 0 Å². The van der Waals surface area contributed by atoms with Crippen molar-refractivity contribution in [1.82, 2.24) is 4.90 Å². The van der Waals surface area contributed by atoms with Crippen LogP contribution >= 0.6 is 0 Å². The molecule has 17 heavy (non-hydrogen) atoms. The Labute approximate surface area is 106 Å². The molecule has 1 fully saturated rings. The summed E-state index contributed by atoms with van der Waals surface area (Å²) in [5.74, 6) is 1.16. The normalized spacial score (nSPS) is 26.9.